The Morgan fingerprint density at radius 1 is 1.19 bits per heavy atom. The number of hydrogen-bond acceptors (Lipinski definition) is 5. The third-order valence-electron chi connectivity index (χ3n) is 6.04. The Balaban J connectivity index is 1.45. The van der Waals surface area contributed by atoms with Gasteiger partial charge in [-0.25, -0.2) is 4.79 Å². The van der Waals surface area contributed by atoms with Crippen molar-refractivity contribution < 1.29 is 9.53 Å². The lowest BCUT2D eigenvalue weighted by atomic mass is 9.89. The molecule has 26 heavy (non-hydrogen) atoms. The van der Waals surface area contributed by atoms with Crippen LogP contribution in [-0.4, -0.2) is 78.2 Å². The highest BCUT2D eigenvalue weighted by atomic mass is 16.6. The van der Waals surface area contributed by atoms with Gasteiger partial charge in [-0.1, -0.05) is 0 Å². The number of rotatable bonds is 4. The molecule has 3 heterocycles. The van der Waals surface area contributed by atoms with Crippen molar-refractivity contribution in [3.05, 3.63) is 6.67 Å². The lowest BCUT2D eigenvalue weighted by Crippen LogP contribution is -2.47. The number of carbonyl (C=O) groups excluding carboxylic acids is 1. The van der Waals surface area contributed by atoms with Gasteiger partial charge in [0.2, 0.25) is 0 Å². The minimum absolute atomic E-state index is 0.167. The van der Waals surface area contributed by atoms with Gasteiger partial charge in [0.05, 0.1) is 0 Å². The van der Waals surface area contributed by atoms with Crippen LogP contribution in [0.25, 0.3) is 0 Å². The van der Waals surface area contributed by atoms with Crippen molar-refractivity contribution in [3.8, 4) is 0 Å². The molecule has 3 saturated heterocycles. The number of nitrogens with one attached hydrogen (secondary N) is 1. The minimum Gasteiger partial charge on any atom is -0.444 e. The summed E-state index contributed by atoms with van der Waals surface area (Å²) in [6.07, 6.45) is 5.81. The van der Waals surface area contributed by atoms with Gasteiger partial charge >= 0.3 is 6.09 Å². The predicted octanol–water partition coefficient (Wildman–Crippen LogP) is 2.39. The Morgan fingerprint density at radius 2 is 1.92 bits per heavy atom. The van der Waals surface area contributed by atoms with Crippen LogP contribution >= 0.6 is 0 Å². The molecule has 2 radical (unpaired) electrons. The molecule has 1 amide bonds. The zero-order valence-electron chi connectivity index (χ0n) is 17.0. The van der Waals surface area contributed by atoms with E-state index in [1.165, 1.54) is 25.8 Å². The summed E-state index contributed by atoms with van der Waals surface area (Å²) in [6.45, 7) is 14.0. The molecular weight excluding hydrogens is 328 g/mol. The second-order valence-electron chi connectivity index (χ2n) is 9.12. The fourth-order valence-electron chi connectivity index (χ4n) is 4.51. The lowest BCUT2D eigenvalue weighted by Gasteiger charge is -2.38. The van der Waals surface area contributed by atoms with Crippen LogP contribution in [-0.2, 0) is 4.74 Å². The summed E-state index contributed by atoms with van der Waals surface area (Å²) >= 11 is 0. The third-order valence-corrected chi connectivity index (χ3v) is 6.04. The highest BCUT2D eigenvalue weighted by Crippen LogP contribution is 2.28. The molecule has 3 aliphatic rings. The molecular formula is C20H36N4O2. The van der Waals surface area contributed by atoms with Gasteiger partial charge in [0.25, 0.3) is 0 Å². The van der Waals surface area contributed by atoms with Gasteiger partial charge in [0.15, 0.2) is 0 Å². The highest BCUT2D eigenvalue weighted by Gasteiger charge is 2.36. The molecule has 3 fully saturated rings. The molecule has 1 N–H and O–H groups in total. The molecule has 0 aliphatic carbocycles. The quantitative estimate of drug-likeness (QED) is 0.830. The van der Waals surface area contributed by atoms with E-state index in [0.29, 0.717) is 12.0 Å². The molecule has 6 heteroatoms. The molecule has 3 aliphatic heterocycles. The standard InChI is InChI=1S/C20H36N4O2/c1-20(2,3)26-19(25)23-11-7-16(8-12-23)18-14-21-15-24(18)13-9-17-6-5-10-22(17)4/h16-18,21H,5-14H2,1-4H3. The van der Waals surface area contributed by atoms with Crippen molar-refractivity contribution >= 4 is 6.09 Å². The van der Waals surface area contributed by atoms with Crippen molar-refractivity contribution in [3.63, 3.8) is 0 Å². The fourth-order valence-corrected chi connectivity index (χ4v) is 4.51. The normalized spacial score (nSPS) is 29.5. The molecule has 148 valence electrons. The Bertz CT molecular complexity index is 471. The predicted molar refractivity (Wildman–Crippen MR) is 103 cm³/mol. The first kappa shape index (κ1) is 19.9. The number of piperidine rings is 1. The molecule has 0 aromatic heterocycles. The fraction of sp³-hybridized carbons (Fsp3) is 0.900. The number of nitrogens with zero attached hydrogens (tertiary/aromatic N) is 3. The van der Waals surface area contributed by atoms with Crippen LogP contribution in [0.15, 0.2) is 0 Å². The number of ether oxygens (including phenoxy) is 1. The summed E-state index contributed by atoms with van der Waals surface area (Å²) in [4.78, 5) is 19.0. The average Bonchev–Trinajstić information content (AvgIpc) is 3.20. The second-order valence-corrected chi connectivity index (χ2v) is 9.12. The summed E-state index contributed by atoms with van der Waals surface area (Å²) in [5.74, 6) is 0.623. The van der Waals surface area contributed by atoms with E-state index in [1.54, 1.807) is 0 Å². The van der Waals surface area contributed by atoms with Gasteiger partial charge in [-0.2, -0.15) is 0 Å². The second kappa shape index (κ2) is 8.44. The first-order chi connectivity index (χ1) is 12.3. The SMILES string of the molecule is CN1CCCC1CCN1[C]NCC1C1CCN(C(=O)OC(C)(C)C)CC1. The molecule has 0 bridgehead atoms. The van der Waals surface area contributed by atoms with E-state index in [4.69, 9.17) is 4.74 Å². The zero-order chi connectivity index (χ0) is 18.7. The van der Waals surface area contributed by atoms with Crippen LogP contribution in [0.4, 0.5) is 4.79 Å². The topological polar surface area (TPSA) is 48.0 Å². The maximum Gasteiger partial charge on any atom is 0.410 e. The highest BCUT2D eigenvalue weighted by molar-refractivity contribution is 5.68. The van der Waals surface area contributed by atoms with E-state index >= 15 is 0 Å². The smallest absolute Gasteiger partial charge is 0.410 e. The summed E-state index contributed by atoms with van der Waals surface area (Å²) in [5.41, 5.74) is -0.419. The number of hydrogen-bond donors (Lipinski definition) is 1. The molecule has 0 aromatic rings. The van der Waals surface area contributed by atoms with Gasteiger partial charge < -0.3 is 14.5 Å². The lowest BCUT2D eigenvalue weighted by molar-refractivity contribution is 0.0152. The summed E-state index contributed by atoms with van der Waals surface area (Å²) in [5, 5.41) is 3.33. The summed E-state index contributed by atoms with van der Waals surface area (Å²) in [7, 11) is 2.25. The molecule has 0 aromatic carbocycles. The van der Waals surface area contributed by atoms with Crippen molar-refractivity contribution in [1.29, 1.82) is 0 Å². The Morgan fingerprint density at radius 3 is 2.54 bits per heavy atom. The largest absolute Gasteiger partial charge is 0.444 e. The van der Waals surface area contributed by atoms with Gasteiger partial charge in [-0.05, 0) is 72.4 Å². The molecule has 2 atom stereocenters. The number of carbonyl (C=O) groups is 1. The Kier molecular flexibility index (Phi) is 6.46. The monoisotopic (exact) mass is 364 g/mol. The Hall–Kier alpha value is -0.850. The van der Waals surface area contributed by atoms with Crippen LogP contribution in [0, 0.1) is 12.6 Å². The van der Waals surface area contributed by atoms with E-state index in [2.05, 4.69) is 28.8 Å². The summed E-state index contributed by atoms with van der Waals surface area (Å²) in [6, 6.07) is 1.24. The maximum atomic E-state index is 12.3. The number of likely N-dealkylation sites (tertiary alicyclic amines) is 2. The van der Waals surface area contributed by atoms with E-state index in [-0.39, 0.29) is 6.09 Å². The zero-order valence-corrected chi connectivity index (χ0v) is 17.0. The van der Waals surface area contributed by atoms with Gasteiger partial charge in [-0.15, -0.1) is 0 Å². The minimum atomic E-state index is -0.419. The van der Waals surface area contributed by atoms with Crippen LogP contribution in [0.1, 0.15) is 52.9 Å². The maximum absolute atomic E-state index is 12.3. The third kappa shape index (κ3) is 5.11. The van der Waals surface area contributed by atoms with E-state index < -0.39 is 5.60 Å². The van der Waals surface area contributed by atoms with Crippen LogP contribution in [0.5, 0.6) is 0 Å². The summed E-state index contributed by atoms with van der Waals surface area (Å²) < 4.78 is 5.51. The first-order valence-corrected chi connectivity index (χ1v) is 10.3. The van der Waals surface area contributed by atoms with E-state index in [0.717, 1.165) is 45.1 Å². The van der Waals surface area contributed by atoms with Gasteiger partial charge in [-0.3, -0.25) is 10.2 Å². The molecule has 6 nitrogen and oxygen atoms in total. The Labute approximate surface area is 159 Å². The van der Waals surface area contributed by atoms with Crippen LogP contribution < -0.4 is 5.32 Å². The molecule has 3 rings (SSSR count). The van der Waals surface area contributed by atoms with Crippen LogP contribution in [0.3, 0.4) is 0 Å². The van der Waals surface area contributed by atoms with E-state index in [9.17, 15) is 4.79 Å². The van der Waals surface area contributed by atoms with Gasteiger partial charge in [0, 0.05) is 38.3 Å². The molecule has 0 spiro atoms. The van der Waals surface area contributed by atoms with Crippen molar-refractivity contribution in [2.24, 2.45) is 5.92 Å². The van der Waals surface area contributed by atoms with Crippen molar-refractivity contribution in [1.82, 2.24) is 20.0 Å². The van der Waals surface area contributed by atoms with E-state index in [1.807, 2.05) is 25.7 Å². The molecule has 0 saturated carbocycles. The first-order valence-electron chi connectivity index (χ1n) is 10.3. The average molecular weight is 365 g/mol. The van der Waals surface area contributed by atoms with Crippen molar-refractivity contribution in [2.75, 3.05) is 39.8 Å². The molecule has 2 unspecified atom stereocenters. The van der Waals surface area contributed by atoms with Crippen LogP contribution in [0.2, 0.25) is 0 Å². The van der Waals surface area contributed by atoms with Crippen molar-refractivity contribution in [2.45, 2.75) is 70.6 Å². The van der Waals surface area contributed by atoms with Gasteiger partial charge in [0.1, 0.15) is 12.3 Å². The number of amides is 1.